The molecule has 0 saturated heterocycles. The fourth-order valence-electron chi connectivity index (χ4n) is 3.68. The van der Waals surface area contributed by atoms with Gasteiger partial charge in [0.25, 0.3) is 11.8 Å². The number of amides is 3. The van der Waals surface area contributed by atoms with Gasteiger partial charge in [-0.1, -0.05) is 54.1 Å². The molecule has 1 unspecified atom stereocenters. The average Bonchev–Trinajstić information content (AvgIpc) is 2.97. The van der Waals surface area contributed by atoms with Gasteiger partial charge in [0.2, 0.25) is 5.91 Å². The number of thioether (sulfide) groups is 1. The molecule has 0 bridgehead atoms. The predicted octanol–water partition coefficient (Wildman–Crippen LogP) is 7.32. The molecular weight excluding hydrogens is 561 g/mol. The summed E-state index contributed by atoms with van der Waals surface area (Å²) in [7, 11) is 0. The lowest BCUT2D eigenvalue weighted by Gasteiger charge is -2.14. The zero-order chi connectivity index (χ0) is 29.4. The van der Waals surface area contributed by atoms with E-state index >= 15 is 0 Å². The second-order valence-corrected chi connectivity index (χ2v) is 10.9. The van der Waals surface area contributed by atoms with E-state index in [0.29, 0.717) is 22.0 Å². The Bertz CT molecular complexity index is 1590. The standard InChI is InChI=1S/C32H27ClFN3O3S/c1-20-12-13-25(19-27(20)33)36-30(38)21(2)41-26-16-14-24(15-17-26)35-32(40)29(18-23-10-6-7-11-28(23)34)37-31(39)22-8-4-3-5-9-22/h3-19,21H,1-2H3,(H,35,40)(H,36,38)(H,37,39)/b29-18-. The van der Waals surface area contributed by atoms with Gasteiger partial charge in [-0.25, -0.2) is 4.39 Å². The van der Waals surface area contributed by atoms with Crippen LogP contribution in [0.15, 0.2) is 108 Å². The number of nitrogens with one attached hydrogen (secondary N) is 3. The molecule has 0 aliphatic carbocycles. The van der Waals surface area contributed by atoms with E-state index in [-0.39, 0.29) is 17.2 Å². The van der Waals surface area contributed by atoms with E-state index in [1.165, 1.54) is 36.0 Å². The first-order valence-electron chi connectivity index (χ1n) is 12.7. The molecule has 0 fully saturated rings. The van der Waals surface area contributed by atoms with Crippen molar-refractivity contribution in [2.24, 2.45) is 0 Å². The molecule has 0 aliphatic rings. The van der Waals surface area contributed by atoms with Crippen LogP contribution < -0.4 is 16.0 Å². The van der Waals surface area contributed by atoms with E-state index in [9.17, 15) is 18.8 Å². The molecule has 0 heterocycles. The summed E-state index contributed by atoms with van der Waals surface area (Å²) in [5, 5.41) is 8.37. The van der Waals surface area contributed by atoms with Crippen LogP contribution in [-0.4, -0.2) is 23.0 Å². The Morgan fingerprint density at radius 3 is 2.20 bits per heavy atom. The highest BCUT2D eigenvalue weighted by Gasteiger charge is 2.17. The topological polar surface area (TPSA) is 87.3 Å². The van der Waals surface area contributed by atoms with Gasteiger partial charge in [0, 0.05) is 32.4 Å². The second-order valence-electron chi connectivity index (χ2n) is 9.09. The lowest BCUT2D eigenvalue weighted by Crippen LogP contribution is -2.30. The summed E-state index contributed by atoms with van der Waals surface area (Å²) in [4.78, 5) is 39.4. The van der Waals surface area contributed by atoms with Crippen LogP contribution in [0.25, 0.3) is 6.08 Å². The highest BCUT2D eigenvalue weighted by Crippen LogP contribution is 2.27. The van der Waals surface area contributed by atoms with Crippen molar-refractivity contribution in [3.8, 4) is 0 Å². The van der Waals surface area contributed by atoms with Crippen molar-refractivity contribution in [3.63, 3.8) is 0 Å². The lowest BCUT2D eigenvalue weighted by atomic mass is 10.1. The van der Waals surface area contributed by atoms with Crippen molar-refractivity contribution in [2.75, 3.05) is 10.6 Å². The number of aryl methyl sites for hydroxylation is 1. The first kappa shape index (κ1) is 29.6. The number of anilines is 2. The molecule has 1 atom stereocenters. The molecule has 41 heavy (non-hydrogen) atoms. The Labute approximate surface area is 247 Å². The van der Waals surface area contributed by atoms with Crippen LogP contribution in [0, 0.1) is 12.7 Å². The van der Waals surface area contributed by atoms with Gasteiger partial charge in [-0.2, -0.15) is 0 Å². The zero-order valence-corrected chi connectivity index (χ0v) is 23.9. The van der Waals surface area contributed by atoms with E-state index < -0.39 is 22.9 Å². The van der Waals surface area contributed by atoms with Crippen molar-refractivity contribution in [2.45, 2.75) is 24.0 Å². The van der Waals surface area contributed by atoms with Gasteiger partial charge in [0.05, 0.1) is 5.25 Å². The number of hydrogen-bond donors (Lipinski definition) is 3. The smallest absolute Gasteiger partial charge is 0.272 e. The summed E-state index contributed by atoms with van der Waals surface area (Å²) in [6, 6.07) is 26.6. The van der Waals surface area contributed by atoms with Crippen molar-refractivity contribution < 1.29 is 18.8 Å². The van der Waals surface area contributed by atoms with Crippen LogP contribution in [0.3, 0.4) is 0 Å². The Morgan fingerprint density at radius 2 is 1.51 bits per heavy atom. The third-order valence-corrected chi connectivity index (χ3v) is 7.49. The molecule has 3 N–H and O–H groups in total. The summed E-state index contributed by atoms with van der Waals surface area (Å²) in [5.41, 5.74) is 2.38. The lowest BCUT2D eigenvalue weighted by molar-refractivity contribution is -0.115. The monoisotopic (exact) mass is 587 g/mol. The maximum absolute atomic E-state index is 14.3. The number of halogens is 2. The van der Waals surface area contributed by atoms with Crippen LogP contribution >= 0.6 is 23.4 Å². The van der Waals surface area contributed by atoms with E-state index in [1.54, 1.807) is 79.7 Å². The van der Waals surface area contributed by atoms with Crippen molar-refractivity contribution in [1.82, 2.24) is 5.32 Å². The van der Waals surface area contributed by atoms with Crippen LogP contribution in [0.2, 0.25) is 5.02 Å². The fraction of sp³-hybridized carbons (Fsp3) is 0.0938. The first-order valence-corrected chi connectivity index (χ1v) is 13.9. The second kappa shape index (κ2) is 13.8. The maximum Gasteiger partial charge on any atom is 0.272 e. The summed E-state index contributed by atoms with van der Waals surface area (Å²) in [6.07, 6.45) is 1.29. The minimum Gasteiger partial charge on any atom is -0.325 e. The molecule has 9 heteroatoms. The van der Waals surface area contributed by atoms with Crippen LogP contribution in [-0.2, 0) is 9.59 Å². The quantitative estimate of drug-likeness (QED) is 0.141. The molecule has 0 aliphatic heterocycles. The zero-order valence-electron chi connectivity index (χ0n) is 22.3. The van der Waals surface area contributed by atoms with Crippen LogP contribution in [0.5, 0.6) is 0 Å². The molecule has 6 nitrogen and oxygen atoms in total. The van der Waals surface area contributed by atoms with Gasteiger partial charge >= 0.3 is 0 Å². The van der Waals surface area contributed by atoms with Gasteiger partial charge < -0.3 is 16.0 Å². The highest BCUT2D eigenvalue weighted by atomic mass is 35.5. The normalized spacial score (nSPS) is 11.9. The Balaban J connectivity index is 1.43. The molecule has 0 spiro atoms. The summed E-state index contributed by atoms with van der Waals surface area (Å²) in [6.45, 7) is 3.68. The number of carbonyl (C=O) groups is 3. The van der Waals surface area contributed by atoms with Crippen molar-refractivity contribution in [3.05, 3.63) is 130 Å². The third kappa shape index (κ3) is 8.30. The molecule has 208 valence electrons. The fourth-order valence-corrected chi connectivity index (χ4v) is 4.73. The summed E-state index contributed by atoms with van der Waals surface area (Å²) < 4.78 is 14.3. The Kier molecular flexibility index (Phi) is 9.95. The average molecular weight is 588 g/mol. The van der Waals surface area contributed by atoms with Gasteiger partial charge in [0.15, 0.2) is 0 Å². The predicted molar refractivity (Wildman–Crippen MR) is 163 cm³/mol. The van der Waals surface area contributed by atoms with E-state index in [1.807, 2.05) is 13.0 Å². The van der Waals surface area contributed by atoms with Crippen molar-refractivity contribution >= 4 is 58.5 Å². The molecule has 0 radical (unpaired) electrons. The summed E-state index contributed by atoms with van der Waals surface area (Å²) >= 11 is 7.50. The van der Waals surface area contributed by atoms with Gasteiger partial charge in [-0.3, -0.25) is 14.4 Å². The molecule has 3 amide bonds. The number of rotatable bonds is 9. The molecular formula is C32H27ClFN3O3S. The Morgan fingerprint density at radius 1 is 0.854 bits per heavy atom. The number of benzene rings is 4. The van der Waals surface area contributed by atoms with Crippen molar-refractivity contribution in [1.29, 1.82) is 0 Å². The number of hydrogen-bond acceptors (Lipinski definition) is 4. The molecule has 0 saturated carbocycles. The number of carbonyl (C=O) groups excluding carboxylic acids is 3. The first-order chi connectivity index (χ1) is 19.7. The van der Waals surface area contributed by atoms with Gasteiger partial charge in [0.1, 0.15) is 11.5 Å². The summed E-state index contributed by atoms with van der Waals surface area (Å²) in [5.74, 6) is -1.83. The van der Waals surface area contributed by atoms with E-state index in [4.69, 9.17) is 11.6 Å². The third-order valence-electron chi connectivity index (χ3n) is 5.97. The van der Waals surface area contributed by atoms with E-state index in [2.05, 4.69) is 16.0 Å². The molecule has 0 aromatic heterocycles. The molecule has 4 aromatic carbocycles. The van der Waals surface area contributed by atoms with Crippen LogP contribution in [0.1, 0.15) is 28.4 Å². The van der Waals surface area contributed by atoms with Gasteiger partial charge in [-0.05, 0) is 80.1 Å². The maximum atomic E-state index is 14.3. The van der Waals surface area contributed by atoms with Crippen LogP contribution in [0.4, 0.5) is 15.8 Å². The molecule has 4 aromatic rings. The highest BCUT2D eigenvalue weighted by molar-refractivity contribution is 8.00. The SMILES string of the molecule is Cc1ccc(NC(=O)C(C)Sc2ccc(NC(=O)/C(=C/c3ccccc3F)NC(=O)c3ccccc3)cc2)cc1Cl. The van der Waals surface area contributed by atoms with Gasteiger partial charge in [-0.15, -0.1) is 11.8 Å². The Hall–Kier alpha value is -4.40. The minimum atomic E-state index is -0.623. The minimum absolute atomic E-state index is 0.121. The van der Waals surface area contributed by atoms with E-state index in [0.717, 1.165) is 10.5 Å². The molecule has 4 rings (SSSR count). The largest absolute Gasteiger partial charge is 0.325 e.